The molecular formula is C14H17NO3S2. The molecule has 0 saturated heterocycles. The predicted molar refractivity (Wildman–Crippen MR) is 80.9 cm³/mol. The van der Waals surface area contributed by atoms with Crippen LogP contribution in [0.1, 0.15) is 29.0 Å². The van der Waals surface area contributed by atoms with Gasteiger partial charge in [-0.3, -0.25) is 0 Å². The summed E-state index contributed by atoms with van der Waals surface area (Å²) in [5.41, 5.74) is 1.47. The first-order valence-electron chi connectivity index (χ1n) is 6.22. The Morgan fingerprint density at radius 3 is 2.40 bits per heavy atom. The number of rotatable bonds is 6. The van der Waals surface area contributed by atoms with E-state index in [4.69, 9.17) is 5.11 Å². The van der Waals surface area contributed by atoms with Gasteiger partial charge in [-0.25, -0.2) is 13.1 Å². The summed E-state index contributed by atoms with van der Waals surface area (Å²) in [7, 11) is -3.39. The van der Waals surface area contributed by atoms with E-state index in [9.17, 15) is 8.42 Å². The largest absolute Gasteiger partial charge is 0.392 e. The number of hydrogen-bond acceptors (Lipinski definition) is 4. The molecule has 20 heavy (non-hydrogen) atoms. The minimum Gasteiger partial charge on any atom is -0.392 e. The van der Waals surface area contributed by atoms with Crippen molar-refractivity contribution >= 4 is 21.4 Å². The van der Waals surface area contributed by atoms with Crippen LogP contribution in [0.25, 0.3) is 0 Å². The molecule has 1 atom stereocenters. The first-order chi connectivity index (χ1) is 9.50. The third kappa shape index (κ3) is 4.14. The van der Waals surface area contributed by atoms with Gasteiger partial charge in [0.2, 0.25) is 10.0 Å². The smallest absolute Gasteiger partial charge is 0.216 e. The third-order valence-electron chi connectivity index (χ3n) is 2.89. The Labute approximate surface area is 123 Å². The molecule has 0 spiro atoms. The molecule has 0 fully saturated rings. The minimum atomic E-state index is -3.39. The molecule has 108 valence electrons. The van der Waals surface area contributed by atoms with Gasteiger partial charge >= 0.3 is 0 Å². The average Bonchev–Trinajstić information content (AvgIpc) is 2.92. The molecule has 0 radical (unpaired) electrons. The van der Waals surface area contributed by atoms with E-state index in [2.05, 4.69) is 4.72 Å². The van der Waals surface area contributed by atoms with Crippen LogP contribution in [0.5, 0.6) is 0 Å². The second-order valence-electron chi connectivity index (χ2n) is 4.59. The van der Waals surface area contributed by atoms with E-state index >= 15 is 0 Å². The SMILES string of the molecule is CC(NS(=O)(=O)Cc1ccc(CO)cc1)c1cccs1. The van der Waals surface area contributed by atoms with Crippen LogP contribution in [-0.2, 0) is 22.4 Å². The van der Waals surface area contributed by atoms with Gasteiger partial charge in [-0.2, -0.15) is 0 Å². The Bertz CT molecular complexity index is 634. The van der Waals surface area contributed by atoms with Crippen molar-refractivity contribution in [3.63, 3.8) is 0 Å². The normalized spacial score (nSPS) is 13.3. The Morgan fingerprint density at radius 1 is 1.20 bits per heavy atom. The first-order valence-corrected chi connectivity index (χ1v) is 8.75. The van der Waals surface area contributed by atoms with Crippen molar-refractivity contribution in [2.45, 2.75) is 25.3 Å². The fraction of sp³-hybridized carbons (Fsp3) is 0.286. The van der Waals surface area contributed by atoms with Crippen molar-refractivity contribution in [2.24, 2.45) is 0 Å². The quantitative estimate of drug-likeness (QED) is 0.861. The van der Waals surface area contributed by atoms with Crippen LogP contribution in [0.3, 0.4) is 0 Å². The second-order valence-corrected chi connectivity index (χ2v) is 7.32. The van der Waals surface area contributed by atoms with Crippen LogP contribution in [0.4, 0.5) is 0 Å². The van der Waals surface area contributed by atoms with Gasteiger partial charge in [-0.15, -0.1) is 11.3 Å². The molecular weight excluding hydrogens is 294 g/mol. The van der Waals surface area contributed by atoms with Crippen molar-refractivity contribution in [1.29, 1.82) is 0 Å². The van der Waals surface area contributed by atoms with Gasteiger partial charge in [0.1, 0.15) is 0 Å². The van der Waals surface area contributed by atoms with Crippen molar-refractivity contribution < 1.29 is 13.5 Å². The number of nitrogens with one attached hydrogen (secondary N) is 1. The number of sulfonamides is 1. The van der Waals surface area contributed by atoms with Crippen LogP contribution >= 0.6 is 11.3 Å². The van der Waals surface area contributed by atoms with Crippen molar-refractivity contribution in [3.8, 4) is 0 Å². The van der Waals surface area contributed by atoms with Crippen LogP contribution < -0.4 is 4.72 Å². The van der Waals surface area contributed by atoms with E-state index in [1.165, 1.54) is 11.3 Å². The van der Waals surface area contributed by atoms with Gasteiger partial charge in [0.15, 0.2) is 0 Å². The standard InChI is InChI=1S/C14H17NO3S2/c1-11(14-3-2-8-19-14)15-20(17,18)10-13-6-4-12(9-16)5-7-13/h2-8,11,15-16H,9-10H2,1H3. The van der Waals surface area contributed by atoms with E-state index in [1.54, 1.807) is 24.3 Å². The van der Waals surface area contributed by atoms with Gasteiger partial charge in [0, 0.05) is 4.88 Å². The highest BCUT2D eigenvalue weighted by Crippen LogP contribution is 2.19. The first kappa shape index (κ1) is 15.2. The fourth-order valence-corrected chi connectivity index (χ4v) is 4.06. The lowest BCUT2D eigenvalue weighted by Gasteiger charge is -2.13. The van der Waals surface area contributed by atoms with Gasteiger partial charge in [0.05, 0.1) is 18.4 Å². The molecule has 0 aliphatic heterocycles. The van der Waals surface area contributed by atoms with Crippen LogP contribution in [-0.4, -0.2) is 13.5 Å². The predicted octanol–water partition coefficient (Wildman–Crippen LogP) is 2.42. The maximum atomic E-state index is 12.1. The molecule has 1 aromatic heterocycles. The van der Waals surface area contributed by atoms with E-state index in [0.717, 1.165) is 10.4 Å². The summed E-state index contributed by atoms with van der Waals surface area (Å²) in [6, 6.07) is 10.5. The van der Waals surface area contributed by atoms with Crippen LogP contribution in [0.15, 0.2) is 41.8 Å². The lowest BCUT2D eigenvalue weighted by Crippen LogP contribution is -2.27. The minimum absolute atomic E-state index is 0.0410. The molecule has 1 aromatic carbocycles. The lowest BCUT2D eigenvalue weighted by atomic mass is 10.2. The summed E-state index contributed by atoms with van der Waals surface area (Å²) in [5.74, 6) is -0.0611. The van der Waals surface area contributed by atoms with E-state index < -0.39 is 10.0 Å². The molecule has 2 N–H and O–H groups in total. The number of thiophene rings is 1. The molecule has 0 bridgehead atoms. The highest BCUT2D eigenvalue weighted by atomic mass is 32.2. The van der Waals surface area contributed by atoms with Gasteiger partial charge in [-0.05, 0) is 29.5 Å². The number of hydrogen-bond donors (Lipinski definition) is 2. The third-order valence-corrected chi connectivity index (χ3v) is 5.37. The van der Waals surface area contributed by atoms with E-state index in [0.29, 0.717) is 5.56 Å². The molecule has 1 unspecified atom stereocenters. The second kappa shape index (κ2) is 6.49. The number of aliphatic hydroxyl groups is 1. The monoisotopic (exact) mass is 311 g/mol. The van der Waals surface area contributed by atoms with Crippen LogP contribution in [0.2, 0.25) is 0 Å². The Morgan fingerprint density at radius 2 is 1.85 bits per heavy atom. The zero-order chi connectivity index (χ0) is 14.6. The van der Waals surface area contributed by atoms with Gasteiger partial charge < -0.3 is 5.11 Å². The summed E-state index contributed by atoms with van der Waals surface area (Å²) >= 11 is 1.53. The maximum Gasteiger partial charge on any atom is 0.216 e. The fourth-order valence-electron chi connectivity index (χ4n) is 1.87. The molecule has 0 saturated carbocycles. The van der Waals surface area contributed by atoms with Gasteiger partial charge in [0.25, 0.3) is 0 Å². The van der Waals surface area contributed by atoms with Crippen LogP contribution in [0, 0.1) is 0 Å². The number of aliphatic hydroxyl groups excluding tert-OH is 1. The molecule has 1 heterocycles. The summed E-state index contributed by atoms with van der Waals surface area (Å²) in [5, 5.41) is 10.9. The highest BCUT2D eigenvalue weighted by Gasteiger charge is 2.17. The molecule has 0 aliphatic carbocycles. The van der Waals surface area contributed by atoms with E-state index in [-0.39, 0.29) is 18.4 Å². The Hall–Kier alpha value is -1.21. The average molecular weight is 311 g/mol. The number of benzene rings is 1. The molecule has 2 rings (SSSR count). The zero-order valence-corrected chi connectivity index (χ0v) is 12.7. The molecule has 0 amide bonds. The molecule has 6 heteroatoms. The molecule has 4 nitrogen and oxygen atoms in total. The molecule has 0 aliphatic rings. The topological polar surface area (TPSA) is 66.4 Å². The highest BCUT2D eigenvalue weighted by molar-refractivity contribution is 7.88. The summed E-state index contributed by atoms with van der Waals surface area (Å²) in [4.78, 5) is 0.990. The van der Waals surface area contributed by atoms with Crippen molar-refractivity contribution in [1.82, 2.24) is 4.72 Å². The Balaban J connectivity index is 2.03. The zero-order valence-electron chi connectivity index (χ0n) is 11.1. The van der Waals surface area contributed by atoms with E-state index in [1.807, 2.05) is 24.4 Å². The summed E-state index contributed by atoms with van der Waals surface area (Å²) in [6.45, 7) is 1.79. The van der Waals surface area contributed by atoms with Gasteiger partial charge in [-0.1, -0.05) is 30.3 Å². The lowest BCUT2D eigenvalue weighted by molar-refractivity contribution is 0.282. The molecule has 2 aromatic rings. The van der Waals surface area contributed by atoms with Crippen molar-refractivity contribution in [2.75, 3.05) is 0 Å². The summed E-state index contributed by atoms with van der Waals surface area (Å²) < 4.78 is 26.9. The summed E-state index contributed by atoms with van der Waals surface area (Å²) in [6.07, 6.45) is 0. The maximum absolute atomic E-state index is 12.1. The Kier molecular flexibility index (Phi) is 4.93. The van der Waals surface area contributed by atoms with Crippen molar-refractivity contribution in [3.05, 3.63) is 57.8 Å².